The highest BCUT2D eigenvalue weighted by Crippen LogP contribution is 2.30. The summed E-state index contributed by atoms with van der Waals surface area (Å²) in [6.45, 7) is 9.47. The zero-order valence-corrected chi connectivity index (χ0v) is 16.1. The molecule has 1 aliphatic heterocycles. The van der Waals surface area contributed by atoms with Crippen LogP contribution in [0.25, 0.3) is 11.3 Å². The number of nitrogen functional groups attached to an aromatic ring is 1. The van der Waals surface area contributed by atoms with Crippen LogP contribution in [0.5, 0.6) is 0 Å². The molecule has 1 aromatic heterocycles. The lowest BCUT2D eigenvalue weighted by molar-refractivity contribution is 0.0511. The molecule has 3 rings (SSSR count). The quantitative estimate of drug-likeness (QED) is 0.872. The molecule has 6 nitrogen and oxygen atoms in total. The summed E-state index contributed by atoms with van der Waals surface area (Å²) in [4.78, 5) is 14.8. The number of piperidine rings is 1. The van der Waals surface area contributed by atoms with E-state index in [1.54, 1.807) is 6.92 Å². The van der Waals surface area contributed by atoms with Crippen molar-refractivity contribution in [3.8, 4) is 11.3 Å². The number of carbonyl (C=O) groups excluding carboxylic acids is 1. The molecule has 1 aromatic carbocycles. The third-order valence-electron chi connectivity index (χ3n) is 4.59. The molecule has 0 unspecified atom stereocenters. The third kappa shape index (κ3) is 3.84. The largest absolute Gasteiger partial charge is 0.442 e. The number of nitrogens with two attached hydrogens (primary N) is 1. The molecule has 2 heterocycles. The van der Waals surface area contributed by atoms with E-state index in [4.69, 9.17) is 10.5 Å². The number of benzene rings is 1. The SMILES string of the molecule is Cc1c(N)c(-c2ccc(N3CCCCC3)cc2)nn1C(=O)OC(C)(C)C. The number of ether oxygens (including phenoxy) is 1. The summed E-state index contributed by atoms with van der Waals surface area (Å²) in [5, 5.41) is 4.41. The third-order valence-corrected chi connectivity index (χ3v) is 4.59. The van der Waals surface area contributed by atoms with Crippen molar-refractivity contribution in [2.45, 2.75) is 52.6 Å². The van der Waals surface area contributed by atoms with Crippen LogP contribution in [-0.4, -0.2) is 34.6 Å². The van der Waals surface area contributed by atoms with Gasteiger partial charge in [-0.25, -0.2) is 4.79 Å². The maximum absolute atomic E-state index is 12.4. The molecule has 2 N–H and O–H groups in total. The van der Waals surface area contributed by atoms with Crippen LogP contribution in [-0.2, 0) is 4.74 Å². The van der Waals surface area contributed by atoms with E-state index in [0.29, 0.717) is 17.1 Å². The summed E-state index contributed by atoms with van der Waals surface area (Å²) in [6.07, 6.45) is 3.28. The number of hydrogen-bond acceptors (Lipinski definition) is 5. The van der Waals surface area contributed by atoms with E-state index in [1.807, 2.05) is 32.9 Å². The fraction of sp³-hybridized carbons (Fsp3) is 0.500. The minimum Gasteiger partial charge on any atom is -0.442 e. The first kappa shape index (κ1) is 18.3. The van der Waals surface area contributed by atoms with Crippen LogP contribution in [0.15, 0.2) is 24.3 Å². The smallest absolute Gasteiger partial charge is 0.435 e. The molecule has 0 amide bonds. The fourth-order valence-corrected chi connectivity index (χ4v) is 3.19. The summed E-state index contributed by atoms with van der Waals surface area (Å²) in [5.74, 6) is 0. The number of carbonyl (C=O) groups is 1. The highest BCUT2D eigenvalue weighted by molar-refractivity contribution is 5.80. The standard InChI is InChI=1S/C20H28N4O2/c1-14-17(21)18(22-24(14)19(25)26-20(2,3)4)15-8-10-16(11-9-15)23-12-6-5-7-13-23/h8-11H,5-7,12-13,21H2,1-4H3. The van der Waals surface area contributed by atoms with Gasteiger partial charge < -0.3 is 15.4 Å². The van der Waals surface area contributed by atoms with Gasteiger partial charge in [-0.3, -0.25) is 0 Å². The highest BCUT2D eigenvalue weighted by Gasteiger charge is 2.23. The van der Waals surface area contributed by atoms with E-state index in [9.17, 15) is 4.79 Å². The van der Waals surface area contributed by atoms with Crippen molar-refractivity contribution in [3.63, 3.8) is 0 Å². The van der Waals surface area contributed by atoms with Gasteiger partial charge in [0.1, 0.15) is 11.3 Å². The number of rotatable bonds is 2. The second kappa shape index (κ2) is 7.02. The molecule has 1 aliphatic rings. The Morgan fingerprint density at radius 2 is 1.73 bits per heavy atom. The van der Waals surface area contributed by atoms with Crippen LogP contribution in [0, 0.1) is 6.92 Å². The van der Waals surface area contributed by atoms with Gasteiger partial charge in [-0.05, 0) is 59.1 Å². The Morgan fingerprint density at radius 3 is 2.31 bits per heavy atom. The van der Waals surface area contributed by atoms with E-state index in [-0.39, 0.29) is 0 Å². The van der Waals surface area contributed by atoms with E-state index in [2.05, 4.69) is 22.1 Å². The maximum atomic E-state index is 12.4. The topological polar surface area (TPSA) is 73.4 Å². The molecule has 6 heteroatoms. The Morgan fingerprint density at radius 1 is 1.12 bits per heavy atom. The predicted octanol–water partition coefficient (Wildman–Crippen LogP) is 4.21. The molecule has 26 heavy (non-hydrogen) atoms. The molecule has 0 spiro atoms. The molecule has 2 aromatic rings. The Bertz CT molecular complexity index is 781. The van der Waals surface area contributed by atoms with Crippen LogP contribution in [0.3, 0.4) is 0 Å². The molecule has 0 atom stereocenters. The molecule has 140 valence electrons. The Labute approximate surface area is 154 Å². The average molecular weight is 356 g/mol. The zero-order chi connectivity index (χ0) is 18.9. The van der Waals surface area contributed by atoms with Gasteiger partial charge in [0.05, 0.1) is 11.4 Å². The first-order chi connectivity index (χ1) is 12.3. The first-order valence-corrected chi connectivity index (χ1v) is 9.20. The van der Waals surface area contributed by atoms with E-state index in [1.165, 1.54) is 29.6 Å². The monoisotopic (exact) mass is 356 g/mol. The van der Waals surface area contributed by atoms with Crippen molar-refractivity contribution in [2.75, 3.05) is 23.7 Å². The number of nitrogens with zero attached hydrogens (tertiary/aromatic N) is 3. The Balaban J connectivity index is 1.85. The lowest BCUT2D eigenvalue weighted by Gasteiger charge is -2.28. The lowest BCUT2D eigenvalue weighted by Crippen LogP contribution is -2.29. The van der Waals surface area contributed by atoms with Crippen LogP contribution >= 0.6 is 0 Å². The summed E-state index contributed by atoms with van der Waals surface area (Å²) in [5.41, 5.74) is 9.45. The van der Waals surface area contributed by atoms with E-state index >= 15 is 0 Å². The molecule has 0 saturated carbocycles. The molecular formula is C20H28N4O2. The van der Waals surface area contributed by atoms with Crippen LogP contribution in [0.1, 0.15) is 45.7 Å². The number of anilines is 2. The first-order valence-electron chi connectivity index (χ1n) is 9.20. The lowest BCUT2D eigenvalue weighted by atomic mass is 10.1. The molecule has 0 bridgehead atoms. The molecular weight excluding hydrogens is 328 g/mol. The van der Waals surface area contributed by atoms with Crippen molar-refractivity contribution in [2.24, 2.45) is 0 Å². The minimum absolute atomic E-state index is 0.501. The summed E-state index contributed by atoms with van der Waals surface area (Å²) >= 11 is 0. The average Bonchev–Trinajstić information content (AvgIpc) is 2.90. The van der Waals surface area contributed by atoms with Crippen molar-refractivity contribution >= 4 is 17.5 Å². The summed E-state index contributed by atoms with van der Waals surface area (Å²) < 4.78 is 6.65. The van der Waals surface area contributed by atoms with Gasteiger partial charge in [0.25, 0.3) is 0 Å². The number of hydrogen-bond donors (Lipinski definition) is 1. The maximum Gasteiger partial charge on any atom is 0.435 e. The van der Waals surface area contributed by atoms with Crippen molar-refractivity contribution in [1.82, 2.24) is 9.78 Å². The predicted molar refractivity (Wildman–Crippen MR) is 105 cm³/mol. The highest BCUT2D eigenvalue weighted by atomic mass is 16.6. The summed E-state index contributed by atoms with van der Waals surface area (Å²) in [6, 6.07) is 8.23. The van der Waals surface area contributed by atoms with Crippen LogP contribution < -0.4 is 10.6 Å². The van der Waals surface area contributed by atoms with Gasteiger partial charge >= 0.3 is 6.09 Å². The van der Waals surface area contributed by atoms with Gasteiger partial charge in [0.2, 0.25) is 0 Å². The van der Waals surface area contributed by atoms with Crippen molar-refractivity contribution in [3.05, 3.63) is 30.0 Å². The summed E-state index contributed by atoms with van der Waals surface area (Å²) in [7, 11) is 0. The zero-order valence-electron chi connectivity index (χ0n) is 16.1. The molecule has 0 radical (unpaired) electrons. The van der Waals surface area contributed by atoms with Crippen molar-refractivity contribution in [1.29, 1.82) is 0 Å². The van der Waals surface area contributed by atoms with Crippen LogP contribution in [0.2, 0.25) is 0 Å². The van der Waals surface area contributed by atoms with Crippen molar-refractivity contribution < 1.29 is 9.53 Å². The minimum atomic E-state index is -0.583. The normalized spacial score (nSPS) is 15.2. The second-order valence-corrected chi connectivity index (χ2v) is 7.83. The van der Waals surface area contributed by atoms with Gasteiger partial charge in [0.15, 0.2) is 0 Å². The van der Waals surface area contributed by atoms with Gasteiger partial charge in [-0.15, -0.1) is 0 Å². The fourth-order valence-electron chi connectivity index (χ4n) is 3.19. The second-order valence-electron chi connectivity index (χ2n) is 7.83. The van der Waals surface area contributed by atoms with Gasteiger partial charge in [0, 0.05) is 24.3 Å². The van der Waals surface area contributed by atoms with E-state index in [0.717, 1.165) is 18.7 Å². The van der Waals surface area contributed by atoms with E-state index < -0.39 is 11.7 Å². The Hall–Kier alpha value is -2.50. The number of aromatic nitrogens is 2. The van der Waals surface area contributed by atoms with Gasteiger partial charge in [-0.2, -0.15) is 9.78 Å². The van der Waals surface area contributed by atoms with Gasteiger partial charge in [-0.1, -0.05) is 12.1 Å². The molecule has 1 fully saturated rings. The molecule has 0 aliphatic carbocycles. The molecule has 1 saturated heterocycles. The van der Waals surface area contributed by atoms with Crippen LogP contribution in [0.4, 0.5) is 16.2 Å². The Kier molecular flexibility index (Phi) is 4.94.